The molecule has 76 valence electrons. The van der Waals surface area contributed by atoms with Crippen LogP contribution in [0.2, 0.25) is 5.02 Å². The second kappa shape index (κ2) is 3.25. The van der Waals surface area contributed by atoms with Crippen molar-refractivity contribution in [2.45, 2.75) is 18.3 Å². The first-order chi connectivity index (χ1) is 7.09. The van der Waals surface area contributed by atoms with Gasteiger partial charge in [-0.2, -0.15) is 5.26 Å². The molecule has 4 heteroatoms. The Kier molecular flexibility index (Phi) is 2.17. The van der Waals surface area contributed by atoms with Gasteiger partial charge in [0.15, 0.2) is 0 Å². The number of nitriles is 1. The standard InChI is InChI=1S/C11H8ClNO2/c12-9-3-1-2-8(10(9)15)11(6-13)4-7(14)5-11/h1-3,15H,4-5H2. The highest BCUT2D eigenvalue weighted by molar-refractivity contribution is 6.32. The zero-order valence-electron chi connectivity index (χ0n) is 7.83. The van der Waals surface area contributed by atoms with Gasteiger partial charge in [-0.3, -0.25) is 4.79 Å². The third-order valence-electron chi connectivity index (χ3n) is 2.71. The lowest BCUT2D eigenvalue weighted by Gasteiger charge is -2.34. The maximum Gasteiger partial charge on any atom is 0.139 e. The van der Waals surface area contributed by atoms with Crippen molar-refractivity contribution in [3.63, 3.8) is 0 Å². The van der Waals surface area contributed by atoms with Crippen molar-refractivity contribution in [3.05, 3.63) is 28.8 Å². The van der Waals surface area contributed by atoms with Crippen molar-refractivity contribution >= 4 is 17.4 Å². The number of aromatic hydroxyl groups is 1. The van der Waals surface area contributed by atoms with Gasteiger partial charge in [-0.25, -0.2) is 0 Å². The Labute approximate surface area is 91.9 Å². The first-order valence-electron chi connectivity index (χ1n) is 4.50. The van der Waals surface area contributed by atoms with Crippen LogP contribution in [0.25, 0.3) is 0 Å². The van der Waals surface area contributed by atoms with E-state index in [0.717, 1.165) is 0 Å². The Morgan fingerprint density at radius 2 is 2.13 bits per heavy atom. The third kappa shape index (κ3) is 1.38. The van der Waals surface area contributed by atoms with Gasteiger partial charge in [-0.05, 0) is 6.07 Å². The molecule has 3 nitrogen and oxygen atoms in total. The molecule has 0 amide bonds. The van der Waals surface area contributed by atoms with Gasteiger partial charge in [-0.1, -0.05) is 23.7 Å². The van der Waals surface area contributed by atoms with Crippen LogP contribution in [-0.4, -0.2) is 10.9 Å². The van der Waals surface area contributed by atoms with Crippen molar-refractivity contribution in [1.82, 2.24) is 0 Å². The Bertz CT molecular complexity index is 468. The van der Waals surface area contributed by atoms with E-state index < -0.39 is 5.41 Å². The Balaban J connectivity index is 2.50. The monoisotopic (exact) mass is 221 g/mol. The van der Waals surface area contributed by atoms with Gasteiger partial charge in [0.05, 0.1) is 16.5 Å². The first-order valence-corrected chi connectivity index (χ1v) is 4.88. The summed E-state index contributed by atoms with van der Waals surface area (Å²) in [6.07, 6.45) is 0.328. The lowest BCUT2D eigenvalue weighted by Crippen LogP contribution is -2.40. The summed E-state index contributed by atoms with van der Waals surface area (Å²) in [5, 5.41) is 19.0. The van der Waals surface area contributed by atoms with Crippen LogP contribution in [0.15, 0.2) is 18.2 Å². The van der Waals surface area contributed by atoms with E-state index in [0.29, 0.717) is 5.56 Å². The number of nitrogens with zero attached hydrogens (tertiary/aromatic N) is 1. The van der Waals surface area contributed by atoms with Gasteiger partial charge >= 0.3 is 0 Å². The van der Waals surface area contributed by atoms with E-state index in [1.807, 2.05) is 0 Å². The fraction of sp³-hybridized carbons (Fsp3) is 0.273. The summed E-state index contributed by atoms with van der Waals surface area (Å²) in [7, 11) is 0. The van der Waals surface area contributed by atoms with E-state index in [2.05, 4.69) is 6.07 Å². The number of hydrogen-bond donors (Lipinski definition) is 1. The average molecular weight is 222 g/mol. The zero-order chi connectivity index (χ0) is 11.1. The normalized spacial score (nSPS) is 18.0. The van der Waals surface area contributed by atoms with Gasteiger partial charge in [0, 0.05) is 18.4 Å². The quantitative estimate of drug-likeness (QED) is 0.791. The molecule has 2 rings (SSSR count). The largest absolute Gasteiger partial charge is 0.506 e. The molecule has 0 bridgehead atoms. The Morgan fingerprint density at radius 3 is 2.67 bits per heavy atom. The number of phenols is 1. The van der Waals surface area contributed by atoms with Crippen LogP contribution in [-0.2, 0) is 10.2 Å². The molecule has 0 radical (unpaired) electrons. The number of para-hydroxylation sites is 1. The maximum atomic E-state index is 11.0. The summed E-state index contributed by atoms with van der Waals surface area (Å²) in [6, 6.07) is 6.94. The fourth-order valence-corrected chi connectivity index (χ4v) is 2.03. The molecule has 1 fully saturated rings. The van der Waals surface area contributed by atoms with E-state index in [9.17, 15) is 9.90 Å². The second-order valence-electron chi connectivity index (χ2n) is 3.72. The molecule has 1 aromatic carbocycles. The molecule has 1 aromatic rings. The molecular weight excluding hydrogens is 214 g/mol. The van der Waals surface area contributed by atoms with Crippen molar-refractivity contribution in [2.24, 2.45) is 0 Å². The van der Waals surface area contributed by atoms with Crippen LogP contribution in [0, 0.1) is 11.3 Å². The van der Waals surface area contributed by atoms with E-state index in [4.69, 9.17) is 16.9 Å². The van der Waals surface area contributed by atoms with Crippen molar-refractivity contribution in [3.8, 4) is 11.8 Å². The Morgan fingerprint density at radius 1 is 1.47 bits per heavy atom. The maximum absolute atomic E-state index is 11.0. The van der Waals surface area contributed by atoms with Gasteiger partial charge in [0.2, 0.25) is 0 Å². The van der Waals surface area contributed by atoms with Crippen LogP contribution < -0.4 is 0 Å². The minimum atomic E-state index is -0.869. The number of hydrogen-bond acceptors (Lipinski definition) is 3. The van der Waals surface area contributed by atoms with Crippen LogP contribution in [0.5, 0.6) is 5.75 Å². The number of carbonyl (C=O) groups is 1. The molecule has 1 aliphatic rings. The minimum absolute atomic E-state index is 0.0379. The van der Waals surface area contributed by atoms with E-state index in [1.165, 1.54) is 0 Å². The highest BCUT2D eigenvalue weighted by Crippen LogP contribution is 2.46. The molecule has 0 atom stereocenters. The molecule has 0 aliphatic heterocycles. The zero-order valence-corrected chi connectivity index (χ0v) is 8.58. The summed E-state index contributed by atoms with van der Waals surface area (Å²) in [5.74, 6) is -0.0517. The number of rotatable bonds is 1. The van der Waals surface area contributed by atoms with E-state index in [-0.39, 0.29) is 29.4 Å². The summed E-state index contributed by atoms with van der Waals surface area (Å²) in [5.41, 5.74) is -0.413. The van der Waals surface area contributed by atoms with Crippen molar-refractivity contribution in [1.29, 1.82) is 5.26 Å². The number of halogens is 1. The molecule has 0 heterocycles. The molecular formula is C11H8ClNO2. The van der Waals surface area contributed by atoms with Crippen molar-refractivity contribution in [2.75, 3.05) is 0 Å². The number of Topliss-reactive ketones (excluding diaryl/α,β-unsaturated/α-hetero) is 1. The molecule has 0 saturated heterocycles. The number of benzene rings is 1. The highest BCUT2D eigenvalue weighted by atomic mass is 35.5. The molecule has 0 spiro atoms. The molecule has 1 aliphatic carbocycles. The SMILES string of the molecule is N#CC1(c2cccc(Cl)c2O)CC(=O)C1. The summed E-state index contributed by atoms with van der Waals surface area (Å²) < 4.78 is 0. The van der Waals surface area contributed by atoms with Crippen LogP contribution in [0.1, 0.15) is 18.4 Å². The summed E-state index contributed by atoms with van der Waals surface area (Å²) >= 11 is 5.75. The average Bonchev–Trinajstić information content (AvgIpc) is 2.17. The Hall–Kier alpha value is -1.53. The molecule has 0 unspecified atom stereocenters. The predicted octanol–water partition coefficient (Wildman–Crippen LogP) is 2.17. The smallest absolute Gasteiger partial charge is 0.139 e. The van der Waals surface area contributed by atoms with Gasteiger partial charge in [-0.15, -0.1) is 0 Å². The highest BCUT2D eigenvalue weighted by Gasteiger charge is 2.47. The topological polar surface area (TPSA) is 61.1 Å². The number of ketones is 1. The fourth-order valence-electron chi connectivity index (χ4n) is 1.85. The van der Waals surface area contributed by atoms with Crippen LogP contribution >= 0.6 is 11.6 Å². The summed E-state index contributed by atoms with van der Waals surface area (Å²) in [4.78, 5) is 11.0. The van der Waals surface area contributed by atoms with Gasteiger partial charge in [0.25, 0.3) is 0 Å². The lowest BCUT2D eigenvalue weighted by atomic mass is 9.64. The third-order valence-corrected chi connectivity index (χ3v) is 3.02. The van der Waals surface area contributed by atoms with Crippen molar-refractivity contribution < 1.29 is 9.90 Å². The number of phenolic OH excluding ortho intramolecular Hbond substituents is 1. The van der Waals surface area contributed by atoms with Crippen LogP contribution in [0.4, 0.5) is 0 Å². The second-order valence-corrected chi connectivity index (χ2v) is 4.13. The van der Waals surface area contributed by atoms with Gasteiger partial charge < -0.3 is 5.11 Å². The molecule has 15 heavy (non-hydrogen) atoms. The minimum Gasteiger partial charge on any atom is -0.506 e. The first kappa shape index (κ1) is 10.0. The van der Waals surface area contributed by atoms with E-state index >= 15 is 0 Å². The van der Waals surface area contributed by atoms with Crippen LogP contribution in [0.3, 0.4) is 0 Å². The molecule has 1 saturated carbocycles. The number of carbonyl (C=O) groups excluding carboxylic acids is 1. The molecule has 0 aromatic heterocycles. The van der Waals surface area contributed by atoms with Gasteiger partial charge in [0.1, 0.15) is 11.5 Å². The predicted molar refractivity (Wildman–Crippen MR) is 54.6 cm³/mol. The molecule has 1 N–H and O–H groups in total. The van der Waals surface area contributed by atoms with E-state index in [1.54, 1.807) is 18.2 Å². The summed E-state index contributed by atoms with van der Waals surface area (Å²) in [6.45, 7) is 0. The lowest BCUT2D eigenvalue weighted by molar-refractivity contribution is -0.126.